The third-order valence-electron chi connectivity index (χ3n) is 3.83. The van der Waals surface area contributed by atoms with Crippen LogP contribution >= 0.6 is 0 Å². The van der Waals surface area contributed by atoms with Crippen molar-refractivity contribution in [3.8, 4) is 0 Å². The summed E-state index contributed by atoms with van der Waals surface area (Å²) in [6, 6.07) is 17.9. The van der Waals surface area contributed by atoms with Gasteiger partial charge in [-0.25, -0.2) is 4.79 Å². The van der Waals surface area contributed by atoms with E-state index in [-0.39, 0.29) is 18.2 Å². The topological polar surface area (TPSA) is 35.5 Å². The van der Waals surface area contributed by atoms with Crippen molar-refractivity contribution in [1.29, 1.82) is 0 Å². The first-order chi connectivity index (χ1) is 11.5. The molecule has 0 aliphatic carbocycles. The fraction of sp³-hybridized carbons (Fsp3) is 0.286. The molecule has 24 heavy (non-hydrogen) atoms. The van der Waals surface area contributed by atoms with Crippen molar-refractivity contribution < 1.29 is 14.3 Å². The van der Waals surface area contributed by atoms with Crippen LogP contribution in [0.5, 0.6) is 0 Å². The van der Waals surface area contributed by atoms with E-state index in [9.17, 15) is 4.79 Å². The summed E-state index contributed by atoms with van der Waals surface area (Å²) in [7, 11) is 0. The van der Waals surface area contributed by atoms with Gasteiger partial charge in [0.05, 0.1) is 17.8 Å². The Balaban J connectivity index is 1.92. The Kier molecular flexibility index (Phi) is 4.54. The van der Waals surface area contributed by atoms with Crippen LogP contribution in [0.15, 0.2) is 54.6 Å². The molecular formula is C21H22O3. The third kappa shape index (κ3) is 3.57. The lowest BCUT2D eigenvalue weighted by atomic mass is 9.97. The van der Waals surface area contributed by atoms with Crippen LogP contribution in [-0.4, -0.2) is 24.8 Å². The molecule has 0 aliphatic rings. The first kappa shape index (κ1) is 16.5. The largest absolute Gasteiger partial charge is 0.460 e. The Bertz CT molecular complexity index is 821. The lowest BCUT2D eigenvalue weighted by molar-refractivity contribution is -0.0280. The van der Waals surface area contributed by atoms with E-state index in [1.54, 1.807) is 0 Å². The van der Waals surface area contributed by atoms with Crippen LogP contribution in [0.1, 0.15) is 31.1 Å². The van der Waals surface area contributed by atoms with Crippen LogP contribution in [0.25, 0.3) is 21.5 Å². The van der Waals surface area contributed by atoms with Crippen LogP contribution < -0.4 is 0 Å². The van der Waals surface area contributed by atoms with Gasteiger partial charge in [-0.2, -0.15) is 0 Å². The molecule has 0 atom stereocenters. The average molecular weight is 322 g/mol. The van der Waals surface area contributed by atoms with E-state index in [2.05, 4.69) is 6.07 Å². The fourth-order valence-corrected chi connectivity index (χ4v) is 2.79. The summed E-state index contributed by atoms with van der Waals surface area (Å²) in [6.07, 6.45) is 0. The molecule has 124 valence electrons. The van der Waals surface area contributed by atoms with Gasteiger partial charge >= 0.3 is 5.97 Å². The summed E-state index contributed by atoms with van der Waals surface area (Å²) in [5.74, 6) is -0.305. The van der Waals surface area contributed by atoms with Gasteiger partial charge in [-0.15, -0.1) is 0 Å². The molecular weight excluding hydrogens is 300 g/mol. The van der Waals surface area contributed by atoms with Gasteiger partial charge in [0, 0.05) is 0 Å². The Labute approximate surface area is 142 Å². The molecule has 0 N–H and O–H groups in total. The third-order valence-corrected chi connectivity index (χ3v) is 3.83. The first-order valence-corrected chi connectivity index (χ1v) is 8.17. The second kappa shape index (κ2) is 6.62. The maximum absolute atomic E-state index is 12.7. The summed E-state index contributed by atoms with van der Waals surface area (Å²) in [4.78, 5) is 12.7. The molecule has 0 aliphatic heterocycles. The molecule has 0 saturated heterocycles. The van der Waals surface area contributed by atoms with Gasteiger partial charge in [0.2, 0.25) is 0 Å². The number of fused-ring (bicyclic) bond motifs is 2. The highest BCUT2D eigenvalue weighted by Gasteiger charge is 2.16. The molecule has 3 aromatic rings. The minimum absolute atomic E-state index is 0.238. The Morgan fingerprint density at radius 3 is 1.96 bits per heavy atom. The highest BCUT2D eigenvalue weighted by Crippen LogP contribution is 2.29. The lowest BCUT2D eigenvalue weighted by Crippen LogP contribution is -2.22. The number of carbonyl (C=O) groups is 1. The molecule has 0 heterocycles. The monoisotopic (exact) mass is 322 g/mol. The van der Waals surface area contributed by atoms with Gasteiger partial charge in [0.15, 0.2) is 0 Å². The molecule has 0 radical (unpaired) electrons. The zero-order chi connectivity index (χ0) is 17.2. The average Bonchev–Trinajstić information content (AvgIpc) is 2.55. The van der Waals surface area contributed by atoms with E-state index in [0.717, 1.165) is 21.5 Å². The molecule has 3 aromatic carbocycles. The Morgan fingerprint density at radius 2 is 1.42 bits per heavy atom. The van der Waals surface area contributed by atoms with Crippen LogP contribution in [0, 0.1) is 0 Å². The van der Waals surface area contributed by atoms with E-state index in [0.29, 0.717) is 12.2 Å². The number of rotatable bonds is 4. The predicted octanol–water partition coefficient (Wildman–Crippen LogP) is 4.96. The summed E-state index contributed by atoms with van der Waals surface area (Å²) in [5, 5.41) is 3.90. The van der Waals surface area contributed by atoms with Gasteiger partial charge in [0.1, 0.15) is 6.61 Å². The van der Waals surface area contributed by atoms with Crippen molar-refractivity contribution in [1.82, 2.24) is 0 Å². The quantitative estimate of drug-likeness (QED) is 0.387. The van der Waals surface area contributed by atoms with Crippen molar-refractivity contribution in [2.75, 3.05) is 13.2 Å². The summed E-state index contributed by atoms with van der Waals surface area (Å²) >= 11 is 0. The molecule has 0 bridgehead atoms. The lowest BCUT2D eigenvalue weighted by Gasteiger charge is -2.19. The molecule has 0 aromatic heterocycles. The second-order valence-electron chi connectivity index (χ2n) is 6.79. The number of esters is 1. The Hall–Kier alpha value is -2.39. The van der Waals surface area contributed by atoms with Crippen molar-refractivity contribution in [3.05, 3.63) is 60.2 Å². The first-order valence-electron chi connectivity index (χ1n) is 8.17. The fourth-order valence-electron chi connectivity index (χ4n) is 2.79. The van der Waals surface area contributed by atoms with E-state index in [1.165, 1.54) is 0 Å². The highest BCUT2D eigenvalue weighted by atomic mass is 16.6. The zero-order valence-corrected chi connectivity index (χ0v) is 14.3. The summed E-state index contributed by atoms with van der Waals surface area (Å²) < 4.78 is 11.1. The summed E-state index contributed by atoms with van der Waals surface area (Å²) in [6.45, 7) is 6.57. The van der Waals surface area contributed by atoms with E-state index < -0.39 is 0 Å². The van der Waals surface area contributed by atoms with Crippen LogP contribution in [0.3, 0.4) is 0 Å². The van der Waals surface area contributed by atoms with E-state index >= 15 is 0 Å². The van der Waals surface area contributed by atoms with Crippen molar-refractivity contribution >= 4 is 27.5 Å². The van der Waals surface area contributed by atoms with Crippen molar-refractivity contribution in [3.63, 3.8) is 0 Å². The summed E-state index contributed by atoms with van der Waals surface area (Å²) in [5.41, 5.74) is 0.387. The smallest absolute Gasteiger partial charge is 0.339 e. The molecule has 0 saturated carbocycles. The van der Waals surface area contributed by atoms with E-state index in [4.69, 9.17) is 9.47 Å². The van der Waals surface area contributed by atoms with Crippen molar-refractivity contribution in [2.45, 2.75) is 26.4 Å². The minimum atomic E-state index is -0.305. The molecule has 0 fully saturated rings. The predicted molar refractivity (Wildman–Crippen MR) is 97.4 cm³/mol. The highest BCUT2D eigenvalue weighted by molar-refractivity contribution is 6.16. The SMILES string of the molecule is CC(C)(C)OCCOC(=O)c1c2ccccc2cc2ccccc12. The van der Waals surface area contributed by atoms with Gasteiger partial charge in [-0.1, -0.05) is 48.5 Å². The molecule has 0 unspecified atom stereocenters. The Morgan fingerprint density at radius 1 is 0.875 bits per heavy atom. The van der Waals surface area contributed by atoms with Gasteiger partial charge in [-0.3, -0.25) is 0 Å². The van der Waals surface area contributed by atoms with Crippen LogP contribution in [0.4, 0.5) is 0 Å². The number of hydrogen-bond donors (Lipinski definition) is 0. The van der Waals surface area contributed by atoms with Crippen molar-refractivity contribution in [2.24, 2.45) is 0 Å². The number of ether oxygens (including phenoxy) is 2. The standard InChI is InChI=1S/C21H22O3/c1-21(2,3)24-13-12-23-20(22)19-17-10-6-4-8-15(17)14-16-9-5-7-11-18(16)19/h4-11,14H,12-13H2,1-3H3. The minimum Gasteiger partial charge on any atom is -0.460 e. The maximum Gasteiger partial charge on any atom is 0.339 e. The zero-order valence-electron chi connectivity index (χ0n) is 14.3. The molecule has 0 spiro atoms. The number of benzene rings is 3. The van der Waals surface area contributed by atoms with Gasteiger partial charge in [-0.05, 0) is 48.4 Å². The van der Waals surface area contributed by atoms with Gasteiger partial charge in [0.25, 0.3) is 0 Å². The van der Waals surface area contributed by atoms with Crippen LogP contribution in [0.2, 0.25) is 0 Å². The van der Waals surface area contributed by atoms with Gasteiger partial charge < -0.3 is 9.47 Å². The normalized spacial score (nSPS) is 11.8. The van der Waals surface area contributed by atoms with Crippen LogP contribution in [-0.2, 0) is 9.47 Å². The second-order valence-corrected chi connectivity index (χ2v) is 6.79. The molecule has 3 heteroatoms. The molecule has 0 amide bonds. The molecule has 3 rings (SSSR count). The maximum atomic E-state index is 12.7. The molecule has 3 nitrogen and oxygen atoms in total. The number of carbonyl (C=O) groups excluding carboxylic acids is 1. The van der Waals surface area contributed by atoms with E-state index in [1.807, 2.05) is 69.3 Å². The number of hydrogen-bond acceptors (Lipinski definition) is 3.